The molecule has 13 rings (SSSR count). The molecule has 0 amide bonds. The van der Waals surface area contributed by atoms with Crippen molar-refractivity contribution >= 4 is 98.3 Å². The molecule has 0 spiro atoms. The van der Waals surface area contributed by atoms with Gasteiger partial charge < -0.3 is 18.0 Å². The van der Waals surface area contributed by atoms with Crippen molar-refractivity contribution in [2.45, 2.75) is 0 Å². The molecule has 0 unspecified atom stereocenters. The highest BCUT2D eigenvalue weighted by Crippen LogP contribution is 2.49. The second kappa shape index (κ2) is 11.0. The molecule has 13 aromatic rings. The lowest BCUT2D eigenvalue weighted by Gasteiger charge is -2.10. The summed E-state index contributed by atoms with van der Waals surface area (Å²) in [6, 6.07) is 65.0. The molecular weight excluding hydrogens is 685 g/mol. The van der Waals surface area contributed by atoms with Crippen LogP contribution < -0.4 is 0 Å². The molecule has 0 aliphatic rings. The van der Waals surface area contributed by atoms with Gasteiger partial charge in [0.2, 0.25) is 0 Å². The smallest absolute Gasteiger partial charge is 0.159 e. The van der Waals surface area contributed by atoms with Crippen molar-refractivity contribution in [1.29, 1.82) is 0 Å². The van der Waals surface area contributed by atoms with Gasteiger partial charge in [0.25, 0.3) is 0 Å². The van der Waals surface area contributed by atoms with Crippen LogP contribution >= 0.6 is 0 Å². The Hall–Kier alpha value is -7.56. The number of rotatable bonds is 3. The molecule has 0 saturated carbocycles. The van der Waals surface area contributed by atoms with Crippen LogP contribution in [0.3, 0.4) is 0 Å². The van der Waals surface area contributed by atoms with Crippen LogP contribution in [-0.2, 0) is 0 Å². The first kappa shape index (κ1) is 29.8. The van der Waals surface area contributed by atoms with Crippen molar-refractivity contribution in [3.8, 4) is 22.5 Å². The van der Waals surface area contributed by atoms with E-state index in [9.17, 15) is 0 Å². The quantitative estimate of drug-likeness (QED) is 0.183. The maximum absolute atomic E-state index is 7.32. The van der Waals surface area contributed by atoms with Gasteiger partial charge in [-0.2, -0.15) is 0 Å². The number of fused-ring (bicyclic) bond motifs is 13. The molecule has 0 atom stereocenters. The zero-order chi connectivity index (χ0) is 36.5. The molecule has 260 valence electrons. The van der Waals surface area contributed by atoms with E-state index < -0.39 is 0 Å². The van der Waals surface area contributed by atoms with Gasteiger partial charge in [-0.15, -0.1) is 0 Å². The van der Waals surface area contributed by atoms with Crippen molar-refractivity contribution in [1.82, 2.24) is 9.13 Å². The van der Waals surface area contributed by atoms with E-state index in [1.807, 2.05) is 0 Å². The number of para-hydroxylation sites is 6. The van der Waals surface area contributed by atoms with Crippen molar-refractivity contribution in [3.63, 3.8) is 0 Å². The van der Waals surface area contributed by atoms with Crippen LogP contribution in [0.4, 0.5) is 0 Å². The van der Waals surface area contributed by atoms with Crippen LogP contribution in [0.2, 0.25) is 0 Å². The second-order valence-electron chi connectivity index (χ2n) is 14.8. The highest BCUT2D eigenvalue weighted by Gasteiger charge is 2.26. The summed E-state index contributed by atoms with van der Waals surface area (Å²) in [5.41, 5.74) is 12.1. The van der Waals surface area contributed by atoms with Crippen molar-refractivity contribution < 1.29 is 8.83 Å². The van der Waals surface area contributed by atoms with Gasteiger partial charge in [-0.25, -0.2) is 0 Å². The number of furan rings is 2. The lowest BCUT2D eigenvalue weighted by molar-refractivity contribution is 0.662. The third-order valence-corrected chi connectivity index (χ3v) is 11.9. The third-order valence-electron chi connectivity index (χ3n) is 11.9. The third kappa shape index (κ3) is 3.87. The number of hydrogen-bond acceptors (Lipinski definition) is 2. The SMILES string of the molecule is c1ccc2c(-c3c4oc5c(-n6c7ccccc7c7ccccc76)cccc5c4cc4oc5c(-n6c7ccccc7c7ccccc76)cccc5c34)cccc2c1. The molecule has 0 aliphatic carbocycles. The Balaban J connectivity index is 1.19. The van der Waals surface area contributed by atoms with E-state index in [1.54, 1.807) is 0 Å². The van der Waals surface area contributed by atoms with E-state index in [4.69, 9.17) is 8.83 Å². The van der Waals surface area contributed by atoms with Gasteiger partial charge in [0.1, 0.15) is 11.2 Å². The van der Waals surface area contributed by atoms with Gasteiger partial charge in [-0.3, -0.25) is 0 Å². The number of hydrogen-bond donors (Lipinski definition) is 0. The standard InChI is InChI=1S/C52H30N2O2/c1-2-16-32-31(14-1)15-11-21-37(32)49-48-39-23-13-29-46(54-43-26-9-5-19-35(43)36-20-6-10-27-44(36)54)51(39)55-47(48)30-40-38-22-12-28-45(50(38)56-52(40)49)53-41-24-7-3-17-33(41)34-18-4-8-25-42(34)53/h1-30H. The van der Waals surface area contributed by atoms with Gasteiger partial charge in [-0.05, 0) is 58.8 Å². The Morgan fingerprint density at radius 2 is 0.768 bits per heavy atom. The Bertz CT molecular complexity index is 3540. The first-order valence-corrected chi connectivity index (χ1v) is 19.1. The van der Waals surface area contributed by atoms with Crippen molar-refractivity contribution in [2.75, 3.05) is 0 Å². The van der Waals surface area contributed by atoms with Crippen molar-refractivity contribution in [2.24, 2.45) is 0 Å². The van der Waals surface area contributed by atoms with E-state index >= 15 is 0 Å². The minimum Gasteiger partial charge on any atom is -0.454 e. The van der Waals surface area contributed by atoms with Gasteiger partial charge in [-0.1, -0.05) is 140 Å². The molecule has 4 nitrogen and oxygen atoms in total. The minimum absolute atomic E-state index is 0.827. The Morgan fingerprint density at radius 1 is 0.321 bits per heavy atom. The number of nitrogens with zero attached hydrogens (tertiary/aromatic N) is 2. The highest BCUT2D eigenvalue weighted by molar-refractivity contribution is 6.27. The summed E-state index contributed by atoms with van der Waals surface area (Å²) < 4.78 is 19.2. The number of benzene rings is 9. The van der Waals surface area contributed by atoms with Gasteiger partial charge in [0, 0.05) is 48.7 Å². The molecule has 4 heteroatoms. The lowest BCUT2D eigenvalue weighted by Crippen LogP contribution is -1.94. The lowest BCUT2D eigenvalue weighted by atomic mass is 9.92. The van der Waals surface area contributed by atoms with E-state index in [1.165, 1.54) is 32.3 Å². The fraction of sp³-hybridized carbons (Fsp3) is 0. The monoisotopic (exact) mass is 714 g/mol. The Kier molecular flexibility index (Phi) is 5.86. The van der Waals surface area contributed by atoms with Crippen LogP contribution in [0.15, 0.2) is 191 Å². The first-order valence-electron chi connectivity index (χ1n) is 19.1. The van der Waals surface area contributed by atoms with E-state index in [0.29, 0.717) is 0 Å². The predicted octanol–water partition coefficient (Wildman–Crippen LogP) is 14.5. The molecule has 4 heterocycles. The Morgan fingerprint density at radius 3 is 1.36 bits per heavy atom. The molecule has 0 N–H and O–H groups in total. The van der Waals surface area contributed by atoms with E-state index in [2.05, 4.69) is 191 Å². The minimum atomic E-state index is 0.827. The molecule has 0 saturated heterocycles. The summed E-state index contributed by atoms with van der Waals surface area (Å²) in [7, 11) is 0. The zero-order valence-electron chi connectivity index (χ0n) is 30.0. The summed E-state index contributed by atoms with van der Waals surface area (Å²) in [6.45, 7) is 0. The first-order chi connectivity index (χ1) is 27.8. The highest BCUT2D eigenvalue weighted by atomic mass is 16.3. The molecule has 0 bridgehead atoms. The molecule has 9 aromatic carbocycles. The van der Waals surface area contributed by atoms with Gasteiger partial charge in [0.05, 0.1) is 33.4 Å². The fourth-order valence-electron chi connectivity index (χ4n) is 9.60. The maximum atomic E-state index is 7.32. The van der Waals surface area contributed by atoms with Crippen molar-refractivity contribution in [3.05, 3.63) is 182 Å². The Labute approximate surface area is 319 Å². The summed E-state index contributed by atoms with van der Waals surface area (Å²) >= 11 is 0. The summed E-state index contributed by atoms with van der Waals surface area (Å²) in [5, 5.41) is 11.4. The zero-order valence-corrected chi connectivity index (χ0v) is 30.0. The van der Waals surface area contributed by atoms with Crippen LogP contribution in [0, 0.1) is 0 Å². The number of aromatic nitrogens is 2. The predicted molar refractivity (Wildman–Crippen MR) is 233 cm³/mol. The van der Waals surface area contributed by atoms with Crippen LogP contribution in [0.5, 0.6) is 0 Å². The molecular formula is C52H30N2O2. The van der Waals surface area contributed by atoms with Crippen LogP contribution in [-0.4, -0.2) is 9.13 Å². The van der Waals surface area contributed by atoms with Gasteiger partial charge >= 0.3 is 0 Å². The average molecular weight is 715 g/mol. The average Bonchev–Trinajstić information content (AvgIpc) is 4.01. The molecule has 56 heavy (non-hydrogen) atoms. The summed E-state index contributed by atoms with van der Waals surface area (Å²) in [6.07, 6.45) is 0. The molecule has 4 aromatic heterocycles. The van der Waals surface area contributed by atoms with Crippen LogP contribution in [0.1, 0.15) is 0 Å². The van der Waals surface area contributed by atoms with Crippen LogP contribution in [0.25, 0.3) is 121 Å². The normalized spacial score (nSPS) is 12.3. The molecule has 0 fully saturated rings. The maximum Gasteiger partial charge on any atom is 0.159 e. The fourth-order valence-corrected chi connectivity index (χ4v) is 9.60. The summed E-state index contributed by atoms with van der Waals surface area (Å²) in [5.74, 6) is 0. The van der Waals surface area contributed by atoms with E-state index in [0.717, 1.165) is 88.4 Å². The van der Waals surface area contributed by atoms with Gasteiger partial charge in [0.15, 0.2) is 11.2 Å². The van der Waals surface area contributed by atoms with E-state index in [-0.39, 0.29) is 0 Å². The second-order valence-corrected chi connectivity index (χ2v) is 14.8. The topological polar surface area (TPSA) is 36.1 Å². The largest absolute Gasteiger partial charge is 0.454 e. The molecule has 0 aliphatic heterocycles. The summed E-state index contributed by atoms with van der Waals surface area (Å²) in [4.78, 5) is 0. The molecule has 0 radical (unpaired) electrons.